The Morgan fingerprint density at radius 2 is 1.91 bits per heavy atom. The maximum absolute atomic E-state index is 13.5. The predicted octanol–water partition coefficient (Wildman–Crippen LogP) is 5.74. The Kier molecular flexibility index (Phi) is 6.47. The maximum Gasteiger partial charge on any atom is 0.336 e. The van der Waals surface area contributed by atoms with Crippen LogP contribution < -0.4 is 5.32 Å². The summed E-state index contributed by atoms with van der Waals surface area (Å²) in [6, 6.07) is 14.3. The third-order valence-electron chi connectivity index (χ3n) is 6.26. The van der Waals surface area contributed by atoms with E-state index in [0.29, 0.717) is 18.6 Å². The van der Waals surface area contributed by atoms with Crippen molar-refractivity contribution in [1.29, 1.82) is 0 Å². The number of hydrogen-bond acceptors (Lipinski definition) is 5. The Morgan fingerprint density at radius 1 is 1.16 bits per heavy atom. The molecule has 1 atom stereocenters. The van der Waals surface area contributed by atoms with Crippen LogP contribution in [0, 0.1) is 5.41 Å². The summed E-state index contributed by atoms with van der Waals surface area (Å²) < 4.78 is 5.68. The number of esters is 1. The fraction of sp³-hybridized carbons (Fsp3) is 0.407. The quantitative estimate of drug-likeness (QED) is 0.450. The SMILES string of the molecule is CCSCCOC(=O)C1=C(C)NC2=C(C(=O)CC(C)(C)C2)[C@H]1c1cccc2ccccc12. The molecule has 168 valence electrons. The summed E-state index contributed by atoms with van der Waals surface area (Å²) in [4.78, 5) is 26.8. The normalized spacial score (nSPS) is 20.2. The zero-order valence-electron chi connectivity index (χ0n) is 19.3. The van der Waals surface area contributed by atoms with Crippen molar-refractivity contribution in [2.24, 2.45) is 5.41 Å². The first-order chi connectivity index (χ1) is 15.3. The van der Waals surface area contributed by atoms with E-state index >= 15 is 0 Å². The van der Waals surface area contributed by atoms with Gasteiger partial charge in [-0.25, -0.2) is 4.79 Å². The van der Waals surface area contributed by atoms with Crippen molar-refractivity contribution in [1.82, 2.24) is 5.32 Å². The lowest BCUT2D eigenvalue weighted by molar-refractivity contribution is -0.138. The van der Waals surface area contributed by atoms with Gasteiger partial charge < -0.3 is 10.1 Å². The van der Waals surface area contributed by atoms with Crippen LogP contribution >= 0.6 is 11.8 Å². The molecule has 2 aliphatic rings. The fourth-order valence-electron chi connectivity index (χ4n) is 4.94. The van der Waals surface area contributed by atoms with Crippen LogP contribution in [0.3, 0.4) is 0 Å². The molecular formula is C27H31NO3S. The van der Waals surface area contributed by atoms with Crippen molar-refractivity contribution in [3.8, 4) is 0 Å². The van der Waals surface area contributed by atoms with E-state index in [4.69, 9.17) is 4.74 Å². The van der Waals surface area contributed by atoms with E-state index in [1.54, 1.807) is 11.8 Å². The van der Waals surface area contributed by atoms with Gasteiger partial charge >= 0.3 is 5.97 Å². The highest BCUT2D eigenvalue weighted by atomic mass is 32.2. The van der Waals surface area contributed by atoms with Crippen LogP contribution in [0.2, 0.25) is 0 Å². The highest BCUT2D eigenvalue weighted by Crippen LogP contribution is 2.48. The summed E-state index contributed by atoms with van der Waals surface area (Å²) in [5.41, 5.74) is 3.87. The van der Waals surface area contributed by atoms with Crippen LogP contribution in [-0.4, -0.2) is 29.9 Å². The van der Waals surface area contributed by atoms with E-state index < -0.39 is 5.92 Å². The molecule has 0 bridgehead atoms. The number of nitrogens with one attached hydrogen (secondary N) is 1. The van der Waals surface area contributed by atoms with Gasteiger partial charge in [0, 0.05) is 35.1 Å². The second-order valence-electron chi connectivity index (χ2n) is 9.33. The minimum absolute atomic E-state index is 0.109. The van der Waals surface area contributed by atoms with Gasteiger partial charge in [-0.1, -0.05) is 63.2 Å². The van der Waals surface area contributed by atoms with E-state index in [0.717, 1.165) is 51.2 Å². The van der Waals surface area contributed by atoms with Crippen molar-refractivity contribution >= 4 is 34.3 Å². The summed E-state index contributed by atoms with van der Waals surface area (Å²) in [6.45, 7) is 8.62. The number of carbonyl (C=O) groups excluding carboxylic acids is 2. The molecule has 2 aromatic rings. The minimum atomic E-state index is -0.424. The Labute approximate surface area is 194 Å². The first-order valence-electron chi connectivity index (χ1n) is 11.3. The van der Waals surface area contributed by atoms with Gasteiger partial charge in [0.2, 0.25) is 0 Å². The van der Waals surface area contributed by atoms with E-state index in [1.807, 2.05) is 31.2 Å². The number of allylic oxidation sites excluding steroid dienone is 3. The molecule has 5 heteroatoms. The lowest BCUT2D eigenvalue weighted by atomic mass is 9.68. The molecule has 1 heterocycles. The summed E-state index contributed by atoms with van der Waals surface area (Å²) >= 11 is 1.74. The Bertz CT molecular complexity index is 1120. The van der Waals surface area contributed by atoms with Crippen LogP contribution in [0.25, 0.3) is 10.8 Å². The smallest absolute Gasteiger partial charge is 0.336 e. The van der Waals surface area contributed by atoms with Gasteiger partial charge in [-0.3, -0.25) is 4.79 Å². The first kappa shape index (κ1) is 22.7. The Morgan fingerprint density at radius 3 is 2.69 bits per heavy atom. The molecule has 0 saturated carbocycles. The topological polar surface area (TPSA) is 55.4 Å². The lowest BCUT2D eigenvalue weighted by Gasteiger charge is -2.39. The number of benzene rings is 2. The largest absolute Gasteiger partial charge is 0.461 e. The van der Waals surface area contributed by atoms with Gasteiger partial charge in [-0.05, 0) is 40.8 Å². The van der Waals surface area contributed by atoms with Crippen molar-refractivity contribution in [2.75, 3.05) is 18.1 Å². The first-order valence-corrected chi connectivity index (χ1v) is 12.4. The van der Waals surface area contributed by atoms with Crippen molar-refractivity contribution in [3.05, 3.63) is 70.6 Å². The Balaban J connectivity index is 1.84. The predicted molar refractivity (Wildman–Crippen MR) is 132 cm³/mol. The molecule has 4 rings (SSSR count). The van der Waals surface area contributed by atoms with Crippen molar-refractivity contribution in [2.45, 2.75) is 46.5 Å². The molecule has 0 fully saturated rings. The van der Waals surface area contributed by atoms with Gasteiger partial charge in [-0.2, -0.15) is 11.8 Å². The minimum Gasteiger partial charge on any atom is -0.461 e. The molecule has 4 nitrogen and oxygen atoms in total. The molecule has 0 amide bonds. The van der Waals surface area contributed by atoms with Crippen LogP contribution in [0.4, 0.5) is 0 Å². The molecule has 2 aromatic carbocycles. The lowest BCUT2D eigenvalue weighted by Crippen LogP contribution is -2.38. The second-order valence-corrected chi connectivity index (χ2v) is 10.7. The molecule has 0 aromatic heterocycles. The molecule has 1 N–H and O–H groups in total. The highest BCUT2D eigenvalue weighted by Gasteiger charge is 2.43. The number of Topliss-reactive ketones (excluding diaryl/α,β-unsaturated/α-hetero) is 1. The molecule has 1 aliphatic heterocycles. The summed E-state index contributed by atoms with van der Waals surface area (Å²) in [6.07, 6.45) is 1.26. The maximum atomic E-state index is 13.5. The van der Waals surface area contributed by atoms with Gasteiger partial charge in [0.05, 0.1) is 5.57 Å². The van der Waals surface area contributed by atoms with E-state index in [9.17, 15) is 9.59 Å². The molecule has 1 aliphatic carbocycles. The summed E-state index contributed by atoms with van der Waals surface area (Å²) in [7, 11) is 0. The van der Waals surface area contributed by atoms with E-state index in [2.05, 4.69) is 44.3 Å². The summed E-state index contributed by atoms with van der Waals surface area (Å²) in [5, 5.41) is 5.57. The number of thioether (sulfide) groups is 1. The zero-order chi connectivity index (χ0) is 22.9. The van der Waals surface area contributed by atoms with Crippen LogP contribution in [0.5, 0.6) is 0 Å². The van der Waals surface area contributed by atoms with E-state index in [1.165, 1.54) is 0 Å². The second kappa shape index (κ2) is 9.14. The number of carbonyl (C=O) groups is 2. The standard InChI is InChI=1S/C27H31NO3S/c1-5-32-14-13-31-26(30)23-17(2)28-21-15-27(3,4)16-22(29)25(21)24(23)20-12-8-10-18-9-6-7-11-19(18)20/h6-12,24,28H,5,13-16H2,1-4H3/t24-/m0/s1. The number of ether oxygens (including phenoxy) is 1. The van der Waals surface area contributed by atoms with Gasteiger partial charge in [0.15, 0.2) is 5.78 Å². The van der Waals surface area contributed by atoms with E-state index in [-0.39, 0.29) is 17.2 Å². The van der Waals surface area contributed by atoms with Crippen LogP contribution in [-0.2, 0) is 14.3 Å². The molecular weight excluding hydrogens is 418 g/mol. The molecule has 0 spiro atoms. The van der Waals surface area contributed by atoms with Gasteiger partial charge in [-0.15, -0.1) is 0 Å². The number of rotatable bonds is 6. The average Bonchev–Trinajstić information content (AvgIpc) is 2.74. The molecule has 0 unspecified atom stereocenters. The van der Waals surface area contributed by atoms with Gasteiger partial charge in [0.1, 0.15) is 6.61 Å². The average molecular weight is 450 g/mol. The molecule has 32 heavy (non-hydrogen) atoms. The monoisotopic (exact) mass is 449 g/mol. The fourth-order valence-corrected chi connectivity index (χ4v) is 5.43. The zero-order valence-corrected chi connectivity index (χ0v) is 20.1. The van der Waals surface area contributed by atoms with Crippen molar-refractivity contribution in [3.63, 3.8) is 0 Å². The molecule has 0 saturated heterocycles. The number of fused-ring (bicyclic) bond motifs is 1. The highest BCUT2D eigenvalue weighted by molar-refractivity contribution is 7.99. The van der Waals surface area contributed by atoms with Crippen molar-refractivity contribution < 1.29 is 14.3 Å². The number of ketones is 1. The number of dihydropyridines is 1. The third-order valence-corrected chi connectivity index (χ3v) is 7.12. The molecule has 0 radical (unpaired) electrons. The number of hydrogen-bond donors (Lipinski definition) is 1. The Hall–Kier alpha value is -2.53. The third kappa shape index (κ3) is 4.36. The van der Waals surface area contributed by atoms with Crippen LogP contribution in [0.15, 0.2) is 65.0 Å². The van der Waals surface area contributed by atoms with Crippen LogP contribution in [0.1, 0.15) is 52.0 Å². The van der Waals surface area contributed by atoms with Gasteiger partial charge in [0.25, 0.3) is 0 Å². The summed E-state index contributed by atoms with van der Waals surface area (Å²) in [5.74, 6) is 1.10.